The molecule has 3 nitrogen and oxygen atoms in total. The van der Waals surface area contributed by atoms with Gasteiger partial charge in [-0.25, -0.2) is 4.98 Å². The molecule has 0 radical (unpaired) electrons. The van der Waals surface area contributed by atoms with E-state index in [1.165, 1.54) is 0 Å². The quantitative estimate of drug-likeness (QED) is 0.259. The van der Waals surface area contributed by atoms with E-state index in [0.717, 1.165) is 59.7 Å². The number of pyridine rings is 1. The highest BCUT2D eigenvalue weighted by molar-refractivity contribution is 9.10. The number of benzene rings is 3. The maximum absolute atomic E-state index is 10.3. The number of thioether (sulfide) groups is 1. The average molecular weight is 589 g/mol. The van der Waals surface area contributed by atoms with E-state index in [2.05, 4.69) is 73.6 Å². The van der Waals surface area contributed by atoms with E-state index < -0.39 is 0 Å². The Bertz CT molecular complexity index is 1410. The molecule has 1 aromatic heterocycles. The molecule has 4 aromatic rings. The third-order valence-corrected chi connectivity index (χ3v) is 7.66. The van der Waals surface area contributed by atoms with Gasteiger partial charge in [0.2, 0.25) is 0 Å². The van der Waals surface area contributed by atoms with Crippen molar-refractivity contribution in [3.63, 3.8) is 0 Å². The molecular formula is C28H19Br2N3S. The van der Waals surface area contributed by atoms with Gasteiger partial charge in [-0.05, 0) is 64.7 Å². The van der Waals surface area contributed by atoms with Gasteiger partial charge in [-0.2, -0.15) is 17.0 Å². The second kappa shape index (κ2) is 10.2. The summed E-state index contributed by atoms with van der Waals surface area (Å²) in [6.07, 6.45) is 2.20. The Morgan fingerprint density at radius 2 is 1.56 bits per heavy atom. The Hall–Kier alpha value is -2.85. The maximum atomic E-state index is 10.3. The van der Waals surface area contributed by atoms with Gasteiger partial charge in [0.25, 0.3) is 0 Å². The number of para-hydroxylation sites is 1. The average Bonchev–Trinajstić information content (AvgIpc) is 2.86. The van der Waals surface area contributed by atoms with Crippen molar-refractivity contribution in [3.8, 4) is 17.2 Å². The monoisotopic (exact) mass is 587 g/mol. The highest BCUT2D eigenvalue weighted by atomic mass is 79.9. The normalized spacial score (nSPS) is 13.9. The molecule has 0 saturated heterocycles. The van der Waals surface area contributed by atoms with Crippen molar-refractivity contribution in [1.29, 1.82) is 5.26 Å². The maximum Gasteiger partial charge on any atom is 0.149 e. The first-order valence-corrected chi connectivity index (χ1v) is 13.5. The lowest BCUT2D eigenvalue weighted by Crippen LogP contribution is -2.11. The van der Waals surface area contributed by atoms with Gasteiger partial charge in [0.05, 0.1) is 5.69 Å². The van der Waals surface area contributed by atoms with E-state index in [-0.39, 0.29) is 0 Å². The molecular weight excluding hydrogens is 570 g/mol. The van der Waals surface area contributed by atoms with E-state index >= 15 is 0 Å². The summed E-state index contributed by atoms with van der Waals surface area (Å²) in [6.45, 7) is 0. The minimum Gasteiger partial charge on any atom is -0.339 e. The van der Waals surface area contributed by atoms with Crippen LogP contribution in [0.3, 0.4) is 0 Å². The molecule has 1 aliphatic heterocycles. The van der Waals surface area contributed by atoms with Crippen LogP contribution in [0.5, 0.6) is 0 Å². The first-order valence-electron chi connectivity index (χ1n) is 10.7. The topological polar surface area (TPSA) is 48.7 Å². The number of rotatable bonds is 4. The molecule has 0 fully saturated rings. The summed E-state index contributed by atoms with van der Waals surface area (Å²) in [6, 6.07) is 28.8. The predicted molar refractivity (Wildman–Crippen MR) is 150 cm³/mol. The standard InChI is InChI=1S/C28H19Br2N3S/c29-21-10-6-18(7-11-21)14-20-16-34-17-25-26(19-8-12-22(30)13-9-19)24(15-31)28(33-27(20)25)32-23-4-2-1-3-5-23/h1-14H,16-17H2,(H,32,33)/b20-14+. The van der Waals surface area contributed by atoms with Crippen molar-refractivity contribution < 1.29 is 0 Å². The number of hydrogen-bond donors (Lipinski definition) is 1. The van der Waals surface area contributed by atoms with E-state index in [1.807, 2.05) is 66.4 Å². The van der Waals surface area contributed by atoms with Crippen LogP contribution < -0.4 is 5.32 Å². The van der Waals surface area contributed by atoms with Gasteiger partial charge in [0, 0.05) is 31.7 Å². The molecule has 0 aliphatic carbocycles. The summed E-state index contributed by atoms with van der Waals surface area (Å²) in [5.41, 5.74) is 7.78. The lowest BCUT2D eigenvalue weighted by Gasteiger charge is -2.24. The number of fused-ring (bicyclic) bond motifs is 1. The fourth-order valence-corrected chi connectivity index (χ4v) is 5.58. The van der Waals surface area contributed by atoms with Crippen molar-refractivity contribution in [2.45, 2.75) is 5.75 Å². The second-order valence-corrected chi connectivity index (χ2v) is 10.7. The van der Waals surface area contributed by atoms with Gasteiger partial charge in [-0.1, -0.05) is 74.3 Å². The zero-order valence-electron chi connectivity index (χ0n) is 18.1. The summed E-state index contributed by atoms with van der Waals surface area (Å²) in [7, 11) is 0. The van der Waals surface area contributed by atoms with Gasteiger partial charge in [-0.15, -0.1) is 0 Å². The van der Waals surface area contributed by atoms with Crippen LogP contribution in [0.15, 0.2) is 87.8 Å². The minimum absolute atomic E-state index is 0.565. The van der Waals surface area contributed by atoms with E-state index in [4.69, 9.17) is 4.98 Å². The molecule has 6 heteroatoms. The van der Waals surface area contributed by atoms with Gasteiger partial charge >= 0.3 is 0 Å². The molecule has 2 heterocycles. The first kappa shape index (κ1) is 22.9. The molecule has 0 atom stereocenters. The van der Waals surface area contributed by atoms with Crippen molar-refractivity contribution in [1.82, 2.24) is 4.98 Å². The van der Waals surface area contributed by atoms with Crippen LogP contribution >= 0.6 is 43.6 Å². The molecule has 1 aliphatic rings. The van der Waals surface area contributed by atoms with Crippen LogP contribution in [0.1, 0.15) is 22.4 Å². The Balaban J connectivity index is 1.73. The summed E-state index contributed by atoms with van der Waals surface area (Å²) in [4.78, 5) is 5.04. The highest BCUT2D eigenvalue weighted by Gasteiger charge is 2.26. The summed E-state index contributed by atoms with van der Waals surface area (Å²) in [5, 5.41) is 13.7. The molecule has 34 heavy (non-hydrogen) atoms. The third kappa shape index (κ3) is 4.83. The van der Waals surface area contributed by atoms with Gasteiger partial charge in [0.15, 0.2) is 0 Å². The van der Waals surface area contributed by atoms with Crippen molar-refractivity contribution in [2.24, 2.45) is 0 Å². The zero-order chi connectivity index (χ0) is 23.5. The number of halogens is 2. The molecule has 0 amide bonds. The Morgan fingerprint density at radius 3 is 2.24 bits per heavy atom. The Morgan fingerprint density at radius 1 is 0.882 bits per heavy atom. The van der Waals surface area contributed by atoms with Crippen LogP contribution in [0.2, 0.25) is 0 Å². The van der Waals surface area contributed by atoms with Gasteiger partial charge < -0.3 is 5.32 Å². The Kier molecular flexibility index (Phi) is 6.87. The molecule has 0 spiro atoms. The van der Waals surface area contributed by atoms with E-state index in [9.17, 15) is 5.26 Å². The fraction of sp³-hybridized carbons (Fsp3) is 0.0714. The lowest BCUT2D eigenvalue weighted by molar-refractivity contribution is 1.17. The molecule has 0 bridgehead atoms. The zero-order valence-corrected chi connectivity index (χ0v) is 22.0. The molecule has 166 valence electrons. The summed E-state index contributed by atoms with van der Waals surface area (Å²) < 4.78 is 2.06. The largest absolute Gasteiger partial charge is 0.339 e. The smallest absolute Gasteiger partial charge is 0.149 e. The molecule has 5 rings (SSSR count). The first-order chi connectivity index (χ1) is 16.6. The minimum atomic E-state index is 0.565. The molecule has 0 unspecified atom stereocenters. The van der Waals surface area contributed by atoms with Crippen molar-refractivity contribution >= 4 is 66.8 Å². The van der Waals surface area contributed by atoms with Crippen molar-refractivity contribution in [3.05, 3.63) is 110 Å². The number of nitrogens with zero attached hydrogens (tertiary/aromatic N) is 2. The highest BCUT2D eigenvalue weighted by Crippen LogP contribution is 2.42. The van der Waals surface area contributed by atoms with E-state index in [0.29, 0.717) is 11.4 Å². The molecule has 1 N–H and O–H groups in total. The SMILES string of the molecule is N#Cc1c(Nc2ccccc2)nc2c(c1-c1ccc(Br)cc1)CSC/C2=C\c1ccc(Br)cc1. The number of nitriles is 1. The third-order valence-electron chi connectivity index (χ3n) is 5.60. The second-order valence-electron chi connectivity index (χ2n) is 7.86. The number of hydrogen-bond acceptors (Lipinski definition) is 4. The molecule has 3 aromatic carbocycles. The number of anilines is 2. The van der Waals surface area contributed by atoms with Gasteiger partial charge in [0.1, 0.15) is 17.5 Å². The molecule has 0 saturated carbocycles. The number of nitrogens with one attached hydrogen (secondary N) is 1. The predicted octanol–water partition coefficient (Wildman–Crippen LogP) is 8.68. The van der Waals surface area contributed by atoms with Crippen LogP contribution in [0.4, 0.5) is 11.5 Å². The van der Waals surface area contributed by atoms with E-state index in [1.54, 1.807) is 0 Å². The summed E-state index contributed by atoms with van der Waals surface area (Å²) >= 11 is 8.90. The van der Waals surface area contributed by atoms with Crippen LogP contribution in [0.25, 0.3) is 22.8 Å². The van der Waals surface area contributed by atoms with Gasteiger partial charge in [-0.3, -0.25) is 0 Å². The van der Waals surface area contributed by atoms with Crippen LogP contribution in [-0.2, 0) is 5.75 Å². The van der Waals surface area contributed by atoms with Crippen molar-refractivity contribution in [2.75, 3.05) is 11.1 Å². The lowest BCUT2D eigenvalue weighted by atomic mass is 9.92. The fourth-order valence-electron chi connectivity index (χ4n) is 4.02. The van der Waals surface area contributed by atoms with Crippen LogP contribution in [0, 0.1) is 11.3 Å². The number of aromatic nitrogens is 1. The Labute approximate surface area is 220 Å². The summed E-state index contributed by atoms with van der Waals surface area (Å²) in [5.74, 6) is 2.26. The van der Waals surface area contributed by atoms with Crippen LogP contribution in [-0.4, -0.2) is 10.7 Å².